The average molecular weight is 372 g/mol. The lowest BCUT2D eigenvalue weighted by Crippen LogP contribution is -2.35. The van der Waals surface area contributed by atoms with Gasteiger partial charge in [-0.1, -0.05) is 11.6 Å². The summed E-state index contributed by atoms with van der Waals surface area (Å²) in [4.78, 5) is 1.40. The molecular formula is C15H14ClNO4S2. The van der Waals surface area contributed by atoms with Gasteiger partial charge in [-0.3, -0.25) is 0 Å². The van der Waals surface area contributed by atoms with Crippen LogP contribution in [0.4, 0.5) is 0 Å². The van der Waals surface area contributed by atoms with Crippen molar-refractivity contribution in [1.82, 2.24) is 4.31 Å². The zero-order valence-corrected chi connectivity index (χ0v) is 14.5. The number of ether oxygens (including phenoxy) is 2. The van der Waals surface area contributed by atoms with Gasteiger partial charge in [0.2, 0.25) is 10.0 Å². The zero-order chi connectivity index (χ0) is 16.0. The first-order valence-corrected chi connectivity index (χ1v) is 9.84. The van der Waals surface area contributed by atoms with Gasteiger partial charge in [-0.05, 0) is 30.2 Å². The van der Waals surface area contributed by atoms with Gasteiger partial charge < -0.3 is 9.47 Å². The van der Waals surface area contributed by atoms with Gasteiger partial charge in [-0.2, -0.15) is 4.31 Å². The fraction of sp³-hybridized carbons (Fsp3) is 0.333. The topological polar surface area (TPSA) is 55.8 Å². The van der Waals surface area contributed by atoms with E-state index in [4.69, 9.17) is 21.1 Å². The van der Waals surface area contributed by atoms with Crippen LogP contribution in [0, 0.1) is 0 Å². The second-order valence-corrected chi connectivity index (χ2v) is 9.10. The van der Waals surface area contributed by atoms with Crippen LogP contribution in [0.15, 0.2) is 29.2 Å². The molecular weight excluding hydrogens is 358 g/mol. The number of nitrogens with zero attached hydrogens (tertiary/aromatic N) is 1. The van der Waals surface area contributed by atoms with Gasteiger partial charge in [0, 0.05) is 24.0 Å². The molecule has 2 aromatic rings. The summed E-state index contributed by atoms with van der Waals surface area (Å²) in [6.07, 6.45) is 0.691. The standard InChI is InChI=1S/C15H14ClNO4S2/c16-15-7-10-9-17(4-3-14(10)22-15)23(18,19)11-1-2-12-13(8-11)21-6-5-20-12/h1-2,7-8H,3-6,9H2. The number of fused-ring (bicyclic) bond motifs is 2. The molecule has 8 heteroatoms. The molecule has 0 atom stereocenters. The quantitative estimate of drug-likeness (QED) is 0.814. The van der Waals surface area contributed by atoms with Crippen molar-refractivity contribution in [3.63, 3.8) is 0 Å². The highest BCUT2D eigenvalue weighted by Crippen LogP contribution is 2.36. The molecule has 2 aliphatic rings. The third kappa shape index (κ3) is 2.71. The van der Waals surface area contributed by atoms with E-state index in [2.05, 4.69) is 0 Å². The highest BCUT2D eigenvalue weighted by Gasteiger charge is 2.30. The van der Waals surface area contributed by atoms with Crippen LogP contribution >= 0.6 is 22.9 Å². The Balaban J connectivity index is 1.66. The predicted octanol–water partition coefficient (Wildman–Crippen LogP) is 2.92. The third-order valence-corrected chi connectivity index (χ3v) is 7.16. The Kier molecular flexibility index (Phi) is 3.76. The fourth-order valence-electron chi connectivity index (χ4n) is 2.81. The molecule has 2 aliphatic heterocycles. The van der Waals surface area contributed by atoms with Crippen molar-refractivity contribution in [2.24, 2.45) is 0 Å². The summed E-state index contributed by atoms with van der Waals surface area (Å²) in [6, 6.07) is 6.62. The Hall–Kier alpha value is -1.28. The maximum Gasteiger partial charge on any atom is 0.243 e. The minimum Gasteiger partial charge on any atom is -0.486 e. The lowest BCUT2D eigenvalue weighted by atomic mass is 10.1. The van der Waals surface area contributed by atoms with Gasteiger partial charge in [0.15, 0.2) is 11.5 Å². The van der Waals surface area contributed by atoms with Crippen LogP contribution in [0.3, 0.4) is 0 Å². The molecule has 3 heterocycles. The van der Waals surface area contributed by atoms with Crippen LogP contribution in [0.1, 0.15) is 10.4 Å². The summed E-state index contributed by atoms with van der Waals surface area (Å²) in [5.74, 6) is 1.06. The van der Waals surface area contributed by atoms with Crippen LogP contribution in [0.5, 0.6) is 11.5 Å². The molecule has 0 N–H and O–H groups in total. The van der Waals surface area contributed by atoms with Crippen molar-refractivity contribution in [3.05, 3.63) is 39.0 Å². The number of thiophene rings is 1. The second kappa shape index (κ2) is 5.66. The first-order valence-electron chi connectivity index (χ1n) is 7.21. The Morgan fingerprint density at radius 2 is 1.91 bits per heavy atom. The van der Waals surface area contributed by atoms with Gasteiger partial charge in [0.05, 0.1) is 9.23 Å². The van der Waals surface area contributed by atoms with Crippen LogP contribution in [-0.2, 0) is 23.0 Å². The van der Waals surface area contributed by atoms with E-state index in [9.17, 15) is 8.42 Å². The molecule has 23 heavy (non-hydrogen) atoms. The fourth-order valence-corrected chi connectivity index (χ4v) is 5.54. The molecule has 1 aromatic heterocycles. The van der Waals surface area contributed by atoms with Crippen LogP contribution in [0.2, 0.25) is 4.34 Å². The van der Waals surface area contributed by atoms with Crippen molar-refractivity contribution in [1.29, 1.82) is 0 Å². The van der Waals surface area contributed by atoms with E-state index in [-0.39, 0.29) is 4.90 Å². The summed E-state index contributed by atoms with van der Waals surface area (Å²) in [5.41, 5.74) is 0.993. The largest absolute Gasteiger partial charge is 0.486 e. The van der Waals surface area contributed by atoms with Crippen LogP contribution in [-0.4, -0.2) is 32.5 Å². The van der Waals surface area contributed by atoms with E-state index in [1.807, 2.05) is 6.07 Å². The summed E-state index contributed by atoms with van der Waals surface area (Å²) >= 11 is 7.55. The molecule has 0 bridgehead atoms. The molecule has 4 rings (SSSR count). The predicted molar refractivity (Wildman–Crippen MR) is 88.1 cm³/mol. The van der Waals surface area contributed by atoms with Gasteiger partial charge in [-0.15, -0.1) is 11.3 Å². The smallest absolute Gasteiger partial charge is 0.243 e. The minimum atomic E-state index is -3.57. The molecule has 0 saturated heterocycles. The summed E-state index contributed by atoms with van der Waals surface area (Å²) in [7, 11) is -3.57. The van der Waals surface area contributed by atoms with Crippen molar-refractivity contribution in [3.8, 4) is 11.5 Å². The number of halogens is 1. The van der Waals surface area contributed by atoms with Gasteiger partial charge in [0.25, 0.3) is 0 Å². The number of sulfonamides is 1. The molecule has 0 fully saturated rings. The van der Waals surface area contributed by atoms with E-state index in [1.165, 1.54) is 20.5 Å². The average Bonchev–Trinajstić information content (AvgIpc) is 2.93. The molecule has 0 amide bonds. The van der Waals surface area contributed by atoms with Crippen molar-refractivity contribution >= 4 is 33.0 Å². The molecule has 0 saturated carbocycles. The van der Waals surface area contributed by atoms with Crippen molar-refractivity contribution in [2.75, 3.05) is 19.8 Å². The van der Waals surface area contributed by atoms with E-state index >= 15 is 0 Å². The molecule has 0 aliphatic carbocycles. The van der Waals surface area contributed by atoms with Gasteiger partial charge >= 0.3 is 0 Å². The molecule has 0 unspecified atom stereocenters. The number of rotatable bonds is 2. The molecule has 122 valence electrons. The third-order valence-electron chi connectivity index (χ3n) is 3.95. The Morgan fingerprint density at radius 1 is 1.13 bits per heavy atom. The minimum absolute atomic E-state index is 0.228. The normalized spacial score (nSPS) is 17.8. The van der Waals surface area contributed by atoms with Crippen LogP contribution in [0.25, 0.3) is 0 Å². The Morgan fingerprint density at radius 3 is 2.74 bits per heavy atom. The highest BCUT2D eigenvalue weighted by molar-refractivity contribution is 7.89. The number of benzene rings is 1. The lowest BCUT2D eigenvalue weighted by Gasteiger charge is -2.27. The number of hydrogen-bond acceptors (Lipinski definition) is 5. The lowest BCUT2D eigenvalue weighted by molar-refractivity contribution is 0.171. The maximum atomic E-state index is 12.9. The van der Waals surface area contributed by atoms with E-state index in [1.54, 1.807) is 18.2 Å². The van der Waals surface area contributed by atoms with Crippen LogP contribution < -0.4 is 9.47 Å². The Bertz CT molecular complexity index is 862. The van der Waals surface area contributed by atoms with E-state index in [0.29, 0.717) is 48.6 Å². The zero-order valence-electron chi connectivity index (χ0n) is 12.1. The molecule has 0 spiro atoms. The summed E-state index contributed by atoms with van der Waals surface area (Å²) in [6.45, 7) is 1.72. The van der Waals surface area contributed by atoms with Gasteiger partial charge in [-0.25, -0.2) is 8.42 Å². The highest BCUT2D eigenvalue weighted by atomic mass is 35.5. The summed E-state index contributed by atoms with van der Waals surface area (Å²) in [5, 5.41) is 0. The van der Waals surface area contributed by atoms with E-state index < -0.39 is 10.0 Å². The summed E-state index contributed by atoms with van der Waals surface area (Å²) < 4.78 is 38.9. The Labute approximate surface area is 143 Å². The SMILES string of the molecule is O=S(=O)(c1ccc2c(c1)OCCO2)N1CCc2sc(Cl)cc2C1. The number of hydrogen-bond donors (Lipinski definition) is 0. The molecule has 1 aromatic carbocycles. The molecule has 5 nitrogen and oxygen atoms in total. The monoisotopic (exact) mass is 371 g/mol. The van der Waals surface area contributed by atoms with Gasteiger partial charge in [0.1, 0.15) is 13.2 Å². The first-order chi connectivity index (χ1) is 11.0. The first kappa shape index (κ1) is 15.3. The van der Waals surface area contributed by atoms with Crippen molar-refractivity contribution < 1.29 is 17.9 Å². The maximum absolute atomic E-state index is 12.9. The van der Waals surface area contributed by atoms with E-state index in [0.717, 1.165) is 5.56 Å². The molecule has 0 radical (unpaired) electrons. The second-order valence-electron chi connectivity index (χ2n) is 5.39. The van der Waals surface area contributed by atoms with Crippen molar-refractivity contribution in [2.45, 2.75) is 17.9 Å².